The first-order chi connectivity index (χ1) is 9.63. The van der Waals surface area contributed by atoms with Crippen LogP contribution >= 0.6 is 15.9 Å². The van der Waals surface area contributed by atoms with Crippen molar-refractivity contribution in [1.29, 1.82) is 0 Å². The molecule has 1 aliphatic rings. The Balaban J connectivity index is 1.74. The predicted octanol–water partition coefficient (Wildman–Crippen LogP) is 1.86. The first-order valence-corrected chi connectivity index (χ1v) is 7.76. The third-order valence-electron chi connectivity index (χ3n) is 3.35. The second-order valence-corrected chi connectivity index (χ2v) is 6.17. The van der Waals surface area contributed by atoms with E-state index in [1.54, 1.807) is 12.3 Å². The first-order valence-electron chi connectivity index (χ1n) is 6.97. The summed E-state index contributed by atoms with van der Waals surface area (Å²) in [5.74, 6) is 0.556. The van der Waals surface area contributed by atoms with Crippen LogP contribution in [0.25, 0.3) is 0 Å². The topological polar surface area (TPSA) is 57.3 Å². The van der Waals surface area contributed by atoms with Crippen molar-refractivity contribution in [3.8, 4) is 0 Å². The molecule has 110 valence electrons. The van der Waals surface area contributed by atoms with Crippen LogP contribution in [0.2, 0.25) is 0 Å². The number of halogens is 1. The summed E-state index contributed by atoms with van der Waals surface area (Å²) < 4.78 is 0.899. The van der Waals surface area contributed by atoms with Crippen molar-refractivity contribution in [1.82, 2.24) is 15.2 Å². The Labute approximate surface area is 128 Å². The van der Waals surface area contributed by atoms with E-state index in [-0.39, 0.29) is 5.91 Å². The van der Waals surface area contributed by atoms with Gasteiger partial charge in [0.2, 0.25) is 5.91 Å². The Hall–Kier alpha value is -0.980. The minimum atomic E-state index is -0.0295. The maximum atomic E-state index is 11.9. The molecule has 1 atom stereocenters. The summed E-state index contributed by atoms with van der Waals surface area (Å²) >= 11 is 3.32. The van der Waals surface area contributed by atoms with Crippen molar-refractivity contribution >= 4 is 27.7 Å². The minimum Gasteiger partial charge on any atom is -0.313 e. The van der Waals surface area contributed by atoms with Gasteiger partial charge < -0.3 is 10.6 Å². The molecule has 1 aliphatic heterocycles. The van der Waals surface area contributed by atoms with Gasteiger partial charge in [-0.15, -0.1) is 0 Å². The number of rotatable bonds is 5. The number of amides is 1. The average Bonchev–Trinajstić information content (AvgIpc) is 2.42. The van der Waals surface area contributed by atoms with Crippen LogP contribution in [0.5, 0.6) is 0 Å². The molecule has 1 saturated heterocycles. The Morgan fingerprint density at radius 2 is 2.40 bits per heavy atom. The van der Waals surface area contributed by atoms with Gasteiger partial charge in [0.25, 0.3) is 0 Å². The fourth-order valence-corrected chi connectivity index (χ4v) is 2.63. The zero-order valence-electron chi connectivity index (χ0n) is 11.7. The standard InChI is InChI=1S/C14H21BrN4O/c1-19(9-12-4-2-3-7-16-12)10-14(20)18-13-6-5-11(15)8-17-13/h5-6,8,12,16H,2-4,7,9-10H2,1H3,(H,17,18,20). The molecule has 6 heteroatoms. The molecular weight excluding hydrogens is 320 g/mol. The summed E-state index contributed by atoms with van der Waals surface area (Å²) in [5, 5.41) is 6.29. The minimum absolute atomic E-state index is 0.0295. The summed E-state index contributed by atoms with van der Waals surface area (Å²) in [5.41, 5.74) is 0. The Morgan fingerprint density at radius 1 is 1.55 bits per heavy atom. The van der Waals surface area contributed by atoms with Gasteiger partial charge in [-0.2, -0.15) is 0 Å². The molecule has 1 aromatic heterocycles. The largest absolute Gasteiger partial charge is 0.313 e. The van der Waals surface area contributed by atoms with E-state index >= 15 is 0 Å². The van der Waals surface area contributed by atoms with E-state index in [1.807, 2.05) is 13.1 Å². The quantitative estimate of drug-likeness (QED) is 0.858. The summed E-state index contributed by atoms with van der Waals surface area (Å²) in [6.45, 7) is 2.38. The number of likely N-dealkylation sites (N-methyl/N-ethyl adjacent to an activating group) is 1. The number of carbonyl (C=O) groups excluding carboxylic acids is 1. The first kappa shape index (κ1) is 15.4. The normalized spacial score (nSPS) is 19.1. The highest BCUT2D eigenvalue weighted by atomic mass is 79.9. The smallest absolute Gasteiger partial charge is 0.239 e. The number of carbonyl (C=O) groups is 1. The molecule has 20 heavy (non-hydrogen) atoms. The van der Waals surface area contributed by atoms with Gasteiger partial charge in [0.1, 0.15) is 5.82 Å². The third kappa shape index (κ3) is 5.19. The Kier molecular flexibility index (Phi) is 5.94. The van der Waals surface area contributed by atoms with E-state index in [9.17, 15) is 4.79 Å². The molecule has 2 N–H and O–H groups in total. The number of pyridine rings is 1. The van der Waals surface area contributed by atoms with Gasteiger partial charge >= 0.3 is 0 Å². The molecule has 2 heterocycles. The van der Waals surface area contributed by atoms with Gasteiger partial charge in [-0.1, -0.05) is 6.42 Å². The number of hydrogen-bond donors (Lipinski definition) is 2. The third-order valence-corrected chi connectivity index (χ3v) is 3.82. The lowest BCUT2D eigenvalue weighted by Gasteiger charge is -2.27. The molecule has 2 rings (SSSR count). The molecule has 0 aromatic carbocycles. The molecule has 0 saturated carbocycles. The monoisotopic (exact) mass is 340 g/mol. The van der Waals surface area contributed by atoms with E-state index in [1.165, 1.54) is 19.3 Å². The predicted molar refractivity (Wildman–Crippen MR) is 83.7 cm³/mol. The molecule has 0 aliphatic carbocycles. The van der Waals surface area contributed by atoms with Crippen molar-refractivity contribution in [3.63, 3.8) is 0 Å². The molecule has 1 fully saturated rings. The zero-order valence-corrected chi connectivity index (χ0v) is 13.3. The number of anilines is 1. The zero-order chi connectivity index (χ0) is 14.4. The van der Waals surface area contributed by atoms with E-state index < -0.39 is 0 Å². The van der Waals surface area contributed by atoms with Gasteiger partial charge in [0, 0.05) is 23.3 Å². The SMILES string of the molecule is CN(CC(=O)Nc1ccc(Br)cn1)CC1CCCCN1. The second kappa shape index (κ2) is 7.71. The van der Waals surface area contributed by atoms with E-state index in [0.717, 1.165) is 17.6 Å². The molecule has 5 nitrogen and oxygen atoms in total. The van der Waals surface area contributed by atoms with Gasteiger partial charge in [-0.3, -0.25) is 9.69 Å². The van der Waals surface area contributed by atoms with Crippen molar-refractivity contribution < 1.29 is 4.79 Å². The van der Waals surface area contributed by atoms with E-state index in [4.69, 9.17) is 0 Å². The van der Waals surface area contributed by atoms with Crippen LogP contribution in [0.3, 0.4) is 0 Å². The van der Waals surface area contributed by atoms with Crippen LogP contribution in [0.4, 0.5) is 5.82 Å². The van der Waals surface area contributed by atoms with Crippen LogP contribution in [0.1, 0.15) is 19.3 Å². The maximum absolute atomic E-state index is 11.9. The molecule has 1 amide bonds. The highest BCUT2D eigenvalue weighted by Gasteiger charge is 2.16. The average molecular weight is 341 g/mol. The number of hydrogen-bond acceptors (Lipinski definition) is 4. The van der Waals surface area contributed by atoms with Crippen molar-refractivity contribution in [2.45, 2.75) is 25.3 Å². The number of nitrogens with zero attached hydrogens (tertiary/aromatic N) is 2. The van der Waals surface area contributed by atoms with Crippen LogP contribution in [0.15, 0.2) is 22.8 Å². The van der Waals surface area contributed by atoms with Gasteiger partial charge in [0.15, 0.2) is 0 Å². The summed E-state index contributed by atoms with van der Waals surface area (Å²) in [6.07, 6.45) is 5.40. The lowest BCUT2D eigenvalue weighted by atomic mass is 10.0. The Morgan fingerprint density at radius 3 is 3.05 bits per heavy atom. The van der Waals surface area contributed by atoms with Gasteiger partial charge in [-0.05, 0) is 54.5 Å². The lowest BCUT2D eigenvalue weighted by Crippen LogP contribution is -2.44. The van der Waals surface area contributed by atoms with E-state index in [0.29, 0.717) is 18.4 Å². The summed E-state index contributed by atoms with van der Waals surface area (Å²) in [7, 11) is 1.98. The van der Waals surface area contributed by atoms with Crippen LogP contribution < -0.4 is 10.6 Å². The fourth-order valence-electron chi connectivity index (χ4n) is 2.40. The van der Waals surface area contributed by atoms with Crippen molar-refractivity contribution in [3.05, 3.63) is 22.8 Å². The van der Waals surface area contributed by atoms with Crippen LogP contribution in [-0.4, -0.2) is 48.5 Å². The molecule has 0 spiro atoms. The van der Waals surface area contributed by atoms with Crippen LogP contribution in [-0.2, 0) is 4.79 Å². The van der Waals surface area contributed by atoms with E-state index in [2.05, 4.69) is 36.4 Å². The van der Waals surface area contributed by atoms with Crippen molar-refractivity contribution in [2.75, 3.05) is 32.0 Å². The maximum Gasteiger partial charge on any atom is 0.239 e. The van der Waals surface area contributed by atoms with Crippen molar-refractivity contribution in [2.24, 2.45) is 0 Å². The summed E-state index contributed by atoms with van der Waals surface area (Å²) in [4.78, 5) is 18.1. The highest BCUT2D eigenvalue weighted by Crippen LogP contribution is 2.11. The van der Waals surface area contributed by atoms with Crippen LogP contribution in [0, 0.1) is 0 Å². The number of aromatic nitrogens is 1. The molecule has 1 unspecified atom stereocenters. The second-order valence-electron chi connectivity index (χ2n) is 5.25. The summed E-state index contributed by atoms with van der Waals surface area (Å²) in [6, 6.07) is 4.15. The fraction of sp³-hybridized carbons (Fsp3) is 0.571. The Bertz CT molecular complexity index is 431. The lowest BCUT2D eigenvalue weighted by molar-refractivity contribution is -0.117. The van der Waals surface area contributed by atoms with Gasteiger partial charge in [0.05, 0.1) is 6.54 Å². The van der Waals surface area contributed by atoms with Gasteiger partial charge in [-0.25, -0.2) is 4.98 Å². The number of nitrogens with one attached hydrogen (secondary N) is 2. The molecular formula is C14H21BrN4O. The molecule has 1 aromatic rings. The molecule has 0 bridgehead atoms. The highest BCUT2D eigenvalue weighted by molar-refractivity contribution is 9.10. The molecule has 0 radical (unpaired) electrons. The number of piperidine rings is 1.